The van der Waals surface area contributed by atoms with Crippen LogP contribution >= 0.6 is 0 Å². The Morgan fingerprint density at radius 2 is 1.89 bits per heavy atom. The van der Waals surface area contributed by atoms with Crippen molar-refractivity contribution in [3.63, 3.8) is 0 Å². The molecule has 2 saturated carbocycles. The zero-order chi connectivity index (χ0) is 13.5. The predicted molar refractivity (Wildman–Crippen MR) is 77.3 cm³/mol. The van der Waals surface area contributed by atoms with E-state index in [4.69, 9.17) is 4.74 Å². The van der Waals surface area contributed by atoms with Crippen LogP contribution in [0.2, 0.25) is 0 Å². The second-order valence-corrected chi connectivity index (χ2v) is 6.89. The molecule has 1 aliphatic heterocycles. The molecule has 3 unspecified atom stereocenters. The van der Waals surface area contributed by atoms with E-state index in [9.17, 15) is 0 Å². The average Bonchev–Trinajstić information content (AvgIpc) is 3.04. The number of guanidine groups is 1. The minimum absolute atomic E-state index is 0.217. The summed E-state index contributed by atoms with van der Waals surface area (Å²) in [4.78, 5) is 4.41. The topological polar surface area (TPSA) is 45.7 Å². The lowest BCUT2D eigenvalue weighted by Gasteiger charge is -2.55. The molecular formula is C15H27N3O. The Bertz CT molecular complexity index is 360. The van der Waals surface area contributed by atoms with Crippen molar-refractivity contribution in [2.75, 3.05) is 13.7 Å². The first-order valence-corrected chi connectivity index (χ1v) is 7.74. The molecule has 1 heterocycles. The number of fused-ring (bicyclic) bond motifs is 1. The number of hydrogen-bond donors (Lipinski definition) is 2. The highest BCUT2D eigenvalue weighted by molar-refractivity contribution is 5.80. The second-order valence-electron chi connectivity index (χ2n) is 6.89. The van der Waals surface area contributed by atoms with E-state index in [1.54, 1.807) is 0 Å². The summed E-state index contributed by atoms with van der Waals surface area (Å²) in [6.07, 6.45) is 6.89. The standard InChI is InChI=1S/C15H27N3O/c1-15(2)12(11-8-9-19-13(11)15)18-14(16-3)17-10-6-4-5-7-10/h10-13H,4-9H2,1-3H3,(H2,16,17,18). The van der Waals surface area contributed by atoms with E-state index >= 15 is 0 Å². The molecule has 3 rings (SSSR count). The first-order valence-electron chi connectivity index (χ1n) is 7.74. The average molecular weight is 265 g/mol. The molecule has 0 radical (unpaired) electrons. The van der Waals surface area contributed by atoms with Gasteiger partial charge < -0.3 is 15.4 Å². The molecule has 2 aliphatic carbocycles. The van der Waals surface area contributed by atoms with Gasteiger partial charge in [0.15, 0.2) is 5.96 Å². The van der Waals surface area contributed by atoms with Crippen molar-refractivity contribution in [2.24, 2.45) is 16.3 Å². The first kappa shape index (κ1) is 13.2. The van der Waals surface area contributed by atoms with Crippen LogP contribution in [0, 0.1) is 11.3 Å². The zero-order valence-corrected chi connectivity index (χ0v) is 12.4. The van der Waals surface area contributed by atoms with Gasteiger partial charge in [0.2, 0.25) is 0 Å². The number of nitrogens with one attached hydrogen (secondary N) is 2. The van der Waals surface area contributed by atoms with Gasteiger partial charge in [-0.1, -0.05) is 26.7 Å². The van der Waals surface area contributed by atoms with Crippen molar-refractivity contribution >= 4 is 5.96 Å². The van der Waals surface area contributed by atoms with Crippen LogP contribution in [0.4, 0.5) is 0 Å². The van der Waals surface area contributed by atoms with E-state index in [0.29, 0.717) is 24.1 Å². The molecular weight excluding hydrogens is 238 g/mol. The van der Waals surface area contributed by atoms with Gasteiger partial charge in [-0.15, -0.1) is 0 Å². The van der Waals surface area contributed by atoms with Crippen LogP contribution in [-0.2, 0) is 4.74 Å². The van der Waals surface area contributed by atoms with E-state index < -0.39 is 0 Å². The number of hydrogen-bond acceptors (Lipinski definition) is 2. The lowest BCUT2D eigenvalue weighted by atomic mass is 9.57. The maximum Gasteiger partial charge on any atom is 0.191 e. The van der Waals surface area contributed by atoms with E-state index in [0.717, 1.165) is 12.6 Å². The van der Waals surface area contributed by atoms with Gasteiger partial charge in [-0.3, -0.25) is 4.99 Å². The lowest BCUT2D eigenvalue weighted by molar-refractivity contribution is -0.106. The maximum atomic E-state index is 5.85. The summed E-state index contributed by atoms with van der Waals surface area (Å²) in [6.45, 7) is 5.53. The molecule has 1 saturated heterocycles. The van der Waals surface area contributed by atoms with Crippen LogP contribution < -0.4 is 10.6 Å². The van der Waals surface area contributed by atoms with Crippen LogP contribution in [0.25, 0.3) is 0 Å². The summed E-state index contributed by atoms with van der Waals surface area (Å²) in [5.74, 6) is 1.65. The summed E-state index contributed by atoms with van der Waals surface area (Å²) in [7, 11) is 1.87. The van der Waals surface area contributed by atoms with Gasteiger partial charge >= 0.3 is 0 Å². The fourth-order valence-corrected chi connectivity index (χ4v) is 4.20. The monoisotopic (exact) mass is 265 g/mol. The quantitative estimate of drug-likeness (QED) is 0.592. The molecule has 3 atom stereocenters. The molecule has 0 amide bonds. The Hall–Kier alpha value is -0.770. The largest absolute Gasteiger partial charge is 0.377 e. The predicted octanol–water partition coefficient (Wildman–Crippen LogP) is 1.91. The van der Waals surface area contributed by atoms with Crippen molar-refractivity contribution in [3.8, 4) is 0 Å². The van der Waals surface area contributed by atoms with Gasteiger partial charge in [0.25, 0.3) is 0 Å². The van der Waals surface area contributed by atoms with E-state index in [2.05, 4.69) is 29.5 Å². The van der Waals surface area contributed by atoms with Gasteiger partial charge in [0.05, 0.1) is 6.10 Å². The lowest BCUT2D eigenvalue weighted by Crippen LogP contribution is -2.68. The first-order chi connectivity index (χ1) is 9.13. The fraction of sp³-hybridized carbons (Fsp3) is 0.933. The molecule has 0 bridgehead atoms. The third-order valence-corrected chi connectivity index (χ3v) is 5.31. The maximum absolute atomic E-state index is 5.85. The minimum Gasteiger partial charge on any atom is -0.377 e. The van der Waals surface area contributed by atoms with E-state index in [1.165, 1.54) is 32.1 Å². The fourth-order valence-electron chi connectivity index (χ4n) is 4.20. The van der Waals surface area contributed by atoms with Gasteiger partial charge in [-0.2, -0.15) is 0 Å². The molecule has 4 nitrogen and oxygen atoms in total. The third-order valence-electron chi connectivity index (χ3n) is 5.31. The Morgan fingerprint density at radius 1 is 1.16 bits per heavy atom. The highest BCUT2D eigenvalue weighted by Gasteiger charge is 2.59. The molecule has 0 aromatic carbocycles. The number of aliphatic imine (C=N–C) groups is 1. The van der Waals surface area contributed by atoms with E-state index in [1.807, 2.05) is 7.05 Å². The van der Waals surface area contributed by atoms with E-state index in [-0.39, 0.29) is 5.41 Å². The van der Waals surface area contributed by atoms with Gasteiger partial charge in [0, 0.05) is 37.1 Å². The summed E-state index contributed by atoms with van der Waals surface area (Å²) in [5.41, 5.74) is 0.217. The molecule has 0 aromatic heterocycles. The smallest absolute Gasteiger partial charge is 0.191 e. The van der Waals surface area contributed by atoms with Crippen LogP contribution in [0.1, 0.15) is 46.0 Å². The summed E-state index contributed by atoms with van der Waals surface area (Å²) >= 11 is 0. The molecule has 108 valence electrons. The molecule has 3 fully saturated rings. The normalized spacial score (nSPS) is 37.8. The molecule has 4 heteroatoms. The summed E-state index contributed by atoms with van der Waals surface area (Å²) < 4.78 is 5.85. The Balaban J connectivity index is 1.60. The summed E-state index contributed by atoms with van der Waals surface area (Å²) in [5, 5.41) is 7.23. The minimum atomic E-state index is 0.217. The number of rotatable bonds is 2. The SMILES string of the molecule is CN=C(NC1CCCC1)NC1C2CCOC2C1(C)C. The Labute approximate surface area is 116 Å². The molecule has 3 aliphatic rings. The summed E-state index contributed by atoms with van der Waals surface area (Å²) in [6, 6.07) is 1.11. The van der Waals surface area contributed by atoms with Crippen molar-refractivity contribution in [1.82, 2.24) is 10.6 Å². The Kier molecular flexibility index (Phi) is 3.46. The van der Waals surface area contributed by atoms with Crippen LogP contribution in [0.5, 0.6) is 0 Å². The van der Waals surface area contributed by atoms with Crippen LogP contribution in [0.3, 0.4) is 0 Å². The van der Waals surface area contributed by atoms with Gasteiger partial charge in [-0.05, 0) is 19.3 Å². The number of nitrogens with zero attached hydrogens (tertiary/aromatic N) is 1. The highest BCUT2D eigenvalue weighted by Crippen LogP contribution is 2.52. The molecule has 0 spiro atoms. The Morgan fingerprint density at radius 3 is 2.58 bits per heavy atom. The van der Waals surface area contributed by atoms with Crippen molar-refractivity contribution < 1.29 is 4.74 Å². The molecule has 19 heavy (non-hydrogen) atoms. The third kappa shape index (κ3) is 2.24. The van der Waals surface area contributed by atoms with Crippen molar-refractivity contribution in [3.05, 3.63) is 0 Å². The number of ether oxygens (including phenoxy) is 1. The zero-order valence-electron chi connectivity index (χ0n) is 12.4. The van der Waals surface area contributed by atoms with Crippen molar-refractivity contribution in [1.29, 1.82) is 0 Å². The molecule has 0 aromatic rings. The second kappa shape index (κ2) is 4.97. The van der Waals surface area contributed by atoms with Crippen LogP contribution in [-0.4, -0.2) is 37.8 Å². The molecule has 2 N–H and O–H groups in total. The van der Waals surface area contributed by atoms with Gasteiger partial charge in [0.1, 0.15) is 0 Å². The highest BCUT2D eigenvalue weighted by atomic mass is 16.5. The van der Waals surface area contributed by atoms with Gasteiger partial charge in [-0.25, -0.2) is 0 Å². The van der Waals surface area contributed by atoms with Crippen LogP contribution in [0.15, 0.2) is 4.99 Å². The van der Waals surface area contributed by atoms with Crippen molar-refractivity contribution in [2.45, 2.75) is 64.1 Å².